The maximum absolute atomic E-state index is 6.03. The minimum absolute atomic E-state index is 0.00637. The monoisotopic (exact) mass is 369 g/mol. The molecule has 0 unspecified atom stereocenters. The molecule has 2 aliphatic rings. The van der Waals surface area contributed by atoms with E-state index in [2.05, 4.69) is 46.4 Å². The summed E-state index contributed by atoms with van der Waals surface area (Å²) in [5, 5.41) is 6.92. The number of nitrogens with one attached hydrogen (secondary N) is 2. The van der Waals surface area contributed by atoms with E-state index >= 15 is 0 Å². The zero-order valence-electron chi connectivity index (χ0n) is 16.1. The van der Waals surface area contributed by atoms with Crippen LogP contribution in [0.3, 0.4) is 0 Å². The minimum atomic E-state index is -0.0154. The molecule has 4 rings (SSSR count). The molecule has 144 valence electrons. The summed E-state index contributed by atoms with van der Waals surface area (Å²) in [6.07, 6.45) is 3.63. The largest absolute Gasteiger partial charge is 0.371 e. The van der Waals surface area contributed by atoms with Crippen LogP contribution in [-0.4, -0.2) is 52.5 Å². The molecular weight excluding hydrogens is 342 g/mol. The summed E-state index contributed by atoms with van der Waals surface area (Å²) in [5.41, 5.74) is 2.01. The fourth-order valence-corrected chi connectivity index (χ4v) is 3.55. The van der Waals surface area contributed by atoms with E-state index in [1.54, 1.807) is 6.20 Å². The number of ether oxygens (including phenoxy) is 2. The highest BCUT2D eigenvalue weighted by Crippen LogP contribution is 2.29. The van der Waals surface area contributed by atoms with E-state index < -0.39 is 0 Å². The average Bonchev–Trinajstić information content (AvgIpc) is 3.24. The third-order valence-corrected chi connectivity index (χ3v) is 5.06. The van der Waals surface area contributed by atoms with Crippen LogP contribution in [0.15, 0.2) is 36.7 Å². The van der Waals surface area contributed by atoms with Crippen LogP contribution in [0.25, 0.3) is 0 Å². The summed E-state index contributed by atoms with van der Waals surface area (Å²) < 4.78 is 12.1. The molecule has 2 saturated heterocycles. The number of fused-ring (bicyclic) bond motifs is 1. The van der Waals surface area contributed by atoms with Gasteiger partial charge in [0, 0.05) is 24.4 Å². The topological polar surface area (TPSA) is 81.2 Å². The molecule has 0 spiro atoms. The van der Waals surface area contributed by atoms with E-state index in [0.717, 1.165) is 11.4 Å². The Morgan fingerprint density at radius 2 is 1.78 bits per heavy atom. The second-order valence-electron chi connectivity index (χ2n) is 8.17. The second kappa shape index (κ2) is 7.50. The molecule has 0 radical (unpaired) electrons. The molecule has 7 heteroatoms. The Hall–Kier alpha value is -2.09. The van der Waals surface area contributed by atoms with Gasteiger partial charge in [0.05, 0.1) is 36.7 Å². The average molecular weight is 369 g/mol. The smallest absolute Gasteiger partial charge is 0.223 e. The van der Waals surface area contributed by atoms with Crippen molar-refractivity contribution in [3.63, 3.8) is 0 Å². The maximum atomic E-state index is 6.03. The van der Waals surface area contributed by atoms with Crippen molar-refractivity contribution in [3.05, 3.63) is 48.0 Å². The van der Waals surface area contributed by atoms with Gasteiger partial charge in [0.1, 0.15) is 12.2 Å². The van der Waals surface area contributed by atoms with E-state index in [1.807, 2.05) is 30.5 Å². The van der Waals surface area contributed by atoms with E-state index in [-0.39, 0.29) is 29.7 Å². The first-order valence-electron chi connectivity index (χ1n) is 9.47. The first kappa shape index (κ1) is 18.3. The molecule has 27 heavy (non-hydrogen) atoms. The highest BCUT2D eigenvalue weighted by Gasteiger charge is 2.47. The third kappa shape index (κ3) is 4.10. The van der Waals surface area contributed by atoms with Crippen molar-refractivity contribution in [1.29, 1.82) is 0 Å². The zero-order valence-corrected chi connectivity index (χ0v) is 16.1. The van der Waals surface area contributed by atoms with E-state index in [9.17, 15) is 0 Å². The van der Waals surface area contributed by atoms with Gasteiger partial charge >= 0.3 is 0 Å². The van der Waals surface area contributed by atoms with Crippen LogP contribution in [0.5, 0.6) is 0 Å². The van der Waals surface area contributed by atoms with Crippen LogP contribution in [0.4, 0.5) is 5.95 Å². The van der Waals surface area contributed by atoms with Crippen LogP contribution in [-0.2, 0) is 21.4 Å². The summed E-state index contributed by atoms with van der Waals surface area (Å²) in [5.74, 6) is 0.630. The number of anilines is 1. The van der Waals surface area contributed by atoms with Crippen molar-refractivity contribution in [1.82, 2.24) is 20.3 Å². The number of rotatable bonds is 5. The van der Waals surface area contributed by atoms with Gasteiger partial charge in [-0.25, -0.2) is 9.97 Å². The molecule has 4 heterocycles. The lowest BCUT2D eigenvalue weighted by Crippen LogP contribution is -2.42. The van der Waals surface area contributed by atoms with Gasteiger partial charge < -0.3 is 20.1 Å². The van der Waals surface area contributed by atoms with E-state index in [4.69, 9.17) is 9.47 Å². The molecule has 0 saturated carbocycles. The molecule has 2 fully saturated rings. The molecule has 0 amide bonds. The molecule has 4 atom stereocenters. The Morgan fingerprint density at radius 1 is 1.00 bits per heavy atom. The fourth-order valence-electron chi connectivity index (χ4n) is 3.55. The maximum Gasteiger partial charge on any atom is 0.223 e. The lowest BCUT2D eigenvalue weighted by Gasteiger charge is -2.21. The van der Waals surface area contributed by atoms with Crippen LogP contribution in [0, 0.1) is 0 Å². The lowest BCUT2D eigenvalue weighted by molar-refractivity contribution is 0.0674. The van der Waals surface area contributed by atoms with Crippen molar-refractivity contribution in [2.75, 3.05) is 18.5 Å². The van der Waals surface area contributed by atoms with Gasteiger partial charge in [-0.05, 0) is 18.2 Å². The summed E-state index contributed by atoms with van der Waals surface area (Å²) in [6, 6.07) is 8.10. The van der Waals surface area contributed by atoms with Crippen molar-refractivity contribution >= 4 is 5.95 Å². The van der Waals surface area contributed by atoms with Gasteiger partial charge in [-0.3, -0.25) is 4.98 Å². The normalized spacial score (nSPS) is 27.5. The molecule has 2 N–H and O–H groups in total. The molecule has 2 aromatic rings. The first-order chi connectivity index (χ1) is 13.0. The second-order valence-corrected chi connectivity index (χ2v) is 8.17. The number of hydrogen-bond donors (Lipinski definition) is 2. The highest BCUT2D eigenvalue weighted by atomic mass is 16.6. The SMILES string of the molecule is CC(C)(C)c1ccnc(N[C@@H]2CO[C@@H]3[C@@H]2OC[C@@H]3NCc2ccccn2)n1. The number of pyridine rings is 1. The van der Waals surface area contributed by atoms with Gasteiger partial charge in [0.25, 0.3) is 0 Å². The van der Waals surface area contributed by atoms with Crippen LogP contribution < -0.4 is 10.6 Å². The standard InChI is InChI=1S/C20H27N5O2/c1-20(2,3)16-7-9-22-19(25-16)24-15-12-27-17-14(11-26-18(15)17)23-10-13-6-4-5-8-21-13/h4-9,14-15,17-18,23H,10-12H2,1-3H3,(H,22,24,25)/t14-,15+,17-,18+/m0/s1. The minimum Gasteiger partial charge on any atom is -0.371 e. The number of hydrogen-bond acceptors (Lipinski definition) is 7. The van der Waals surface area contributed by atoms with Gasteiger partial charge in [-0.15, -0.1) is 0 Å². The summed E-state index contributed by atoms with van der Waals surface area (Å²) >= 11 is 0. The van der Waals surface area contributed by atoms with Gasteiger partial charge in [-0.1, -0.05) is 26.8 Å². The van der Waals surface area contributed by atoms with Gasteiger partial charge in [0.2, 0.25) is 5.95 Å². The Bertz CT molecular complexity index is 764. The molecule has 0 aromatic carbocycles. The Kier molecular flexibility index (Phi) is 5.08. The quantitative estimate of drug-likeness (QED) is 0.833. The summed E-state index contributed by atoms with van der Waals surface area (Å²) in [6.45, 7) is 8.35. The highest BCUT2D eigenvalue weighted by molar-refractivity contribution is 5.30. The summed E-state index contributed by atoms with van der Waals surface area (Å²) in [7, 11) is 0. The number of aromatic nitrogens is 3. The van der Waals surface area contributed by atoms with E-state index in [1.165, 1.54) is 0 Å². The third-order valence-electron chi connectivity index (χ3n) is 5.06. The van der Waals surface area contributed by atoms with Crippen molar-refractivity contribution in [2.24, 2.45) is 0 Å². The van der Waals surface area contributed by atoms with E-state index in [0.29, 0.717) is 25.7 Å². The first-order valence-corrected chi connectivity index (χ1v) is 9.47. The Balaban J connectivity index is 1.36. The van der Waals surface area contributed by atoms with Crippen LogP contribution >= 0.6 is 0 Å². The fraction of sp³-hybridized carbons (Fsp3) is 0.550. The molecule has 2 aromatic heterocycles. The Labute approximate surface area is 159 Å². The predicted molar refractivity (Wildman–Crippen MR) is 102 cm³/mol. The van der Waals surface area contributed by atoms with Crippen molar-refractivity contribution in [2.45, 2.75) is 57.0 Å². The zero-order chi connectivity index (χ0) is 18.9. The molecule has 2 aliphatic heterocycles. The summed E-state index contributed by atoms with van der Waals surface area (Å²) in [4.78, 5) is 13.4. The van der Waals surface area contributed by atoms with Crippen molar-refractivity contribution in [3.8, 4) is 0 Å². The van der Waals surface area contributed by atoms with Gasteiger partial charge in [0.15, 0.2) is 0 Å². The van der Waals surface area contributed by atoms with Gasteiger partial charge in [-0.2, -0.15) is 0 Å². The number of nitrogens with zero attached hydrogens (tertiary/aromatic N) is 3. The lowest BCUT2D eigenvalue weighted by atomic mass is 9.92. The van der Waals surface area contributed by atoms with Crippen LogP contribution in [0.1, 0.15) is 32.2 Å². The molecule has 0 aliphatic carbocycles. The Morgan fingerprint density at radius 3 is 2.52 bits per heavy atom. The molecule has 7 nitrogen and oxygen atoms in total. The molecule has 0 bridgehead atoms. The molecular formula is C20H27N5O2. The van der Waals surface area contributed by atoms with Crippen molar-refractivity contribution < 1.29 is 9.47 Å². The predicted octanol–water partition coefficient (Wildman–Crippen LogP) is 1.91. The van der Waals surface area contributed by atoms with Crippen LogP contribution in [0.2, 0.25) is 0 Å².